The lowest BCUT2D eigenvalue weighted by Crippen LogP contribution is -2.34. The molecule has 2 aromatic heterocycles. The van der Waals surface area contributed by atoms with Crippen LogP contribution in [0.3, 0.4) is 0 Å². The highest BCUT2D eigenvalue weighted by molar-refractivity contribution is 6.02. The quantitative estimate of drug-likeness (QED) is 0.427. The minimum absolute atomic E-state index is 0.178. The second-order valence-corrected chi connectivity index (χ2v) is 6.59. The third-order valence-electron chi connectivity index (χ3n) is 4.59. The first-order valence-electron chi connectivity index (χ1n) is 9.47. The standard InChI is InChI=1S/C21H18FN5O4/c1-2-31-17(28)11-24-21(30)25-12-6-8-13(9-7-12)27-20(29)15-10-23-19-14(18(15)26-27)4-3-5-16(19)22/h3-10,26H,2,11H2,1H3,(H2,24,25,30). The molecular formula is C21H18FN5O4. The number of nitrogens with one attached hydrogen (secondary N) is 3. The number of hydrogen-bond acceptors (Lipinski definition) is 5. The van der Waals surface area contributed by atoms with Gasteiger partial charge in [-0.05, 0) is 37.3 Å². The summed E-state index contributed by atoms with van der Waals surface area (Å²) in [6, 6.07) is 10.5. The van der Waals surface area contributed by atoms with Crippen LogP contribution in [0.2, 0.25) is 0 Å². The number of carbonyl (C=O) groups is 2. The number of fused-ring (bicyclic) bond motifs is 3. The van der Waals surface area contributed by atoms with Gasteiger partial charge in [0.15, 0.2) is 0 Å². The third kappa shape index (κ3) is 3.95. The van der Waals surface area contributed by atoms with Crippen molar-refractivity contribution in [2.75, 3.05) is 18.5 Å². The van der Waals surface area contributed by atoms with Gasteiger partial charge in [-0.1, -0.05) is 12.1 Å². The first-order chi connectivity index (χ1) is 15.0. The Morgan fingerprint density at radius 3 is 2.68 bits per heavy atom. The van der Waals surface area contributed by atoms with Crippen LogP contribution in [-0.4, -0.2) is 39.9 Å². The van der Waals surface area contributed by atoms with Gasteiger partial charge >= 0.3 is 12.0 Å². The van der Waals surface area contributed by atoms with E-state index in [0.717, 1.165) is 0 Å². The molecule has 0 bridgehead atoms. The van der Waals surface area contributed by atoms with Crippen LogP contribution in [0.25, 0.3) is 27.5 Å². The molecule has 0 spiro atoms. The molecule has 0 aliphatic heterocycles. The zero-order valence-corrected chi connectivity index (χ0v) is 16.4. The van der Waals surface area contributed by atoms with Crippen molar-refractivity contribution in [2.24, 2.45) is 0 Å². The molecule has 158 valence electrons. The van der Waals surface area contributed by atoms with Gasteiger partial charge in [0.05, 0.1) is 23.2 Å². The monoisotopic (exact) mass is 423 g/mol. The normalized spacial score (nSPS) is 10.9. The van der Waals surface area contributed by atoms with Crippen molar-refractivity contribution in [2.45, 2.75) is 6.92 Å². The predicted molar refractivity (Wildman–Crippen MR) is 113 cm³/mol. The van der Waals surface area contributed by atoms with Crippen molar-refractivity contribution >= 4 is 39.5 Å². The average Bonchev–Trinajstić information content (AvgIpc) is 3.10. The van der Waals surface area contributed by atoms with Crippen molar-refractivity contribution in [3.63, 3.8) is 0 Å². The summed E-state index contributed by atoms with van der Waals surface area (Å²) in [6.07, 6.45) is 1.35. The summed E-state index contributed by atoms with van der Waals surface area (Å²) in [5.41, 5.74) is 1.31. The number of anilines is 1. The van der Waals surface area contributed by atoms with E-state index in [1.807, 2.05) is 0 Å². The molecule has 0 fully saturated rings. The Hall–Kier alpha value is -4.21. The van der Waals surface area contributed by atoms with E-state index in [2.05, 4.69) is 20.7 Å². The van der Waals surface area contributed by atoms with E-state index in [9.17, 15) is 18.8 Å². The molecule has 31 heavy (non-hydrogen) atoms. The fourth-order valence-electron chi connectivity index (χ4n) is 3.17. The second kappa shape index (κ2) is 8.27. The number of hydrogen-bond donors (Lipinski definition) is 3. The lowest BCUT2D eigenvalue weighted by molar-refractivity contribution is -0.141. The maximum Gasteiger partial charge on any atom is 0.325 e. The Balaban J connectivity index is 1.56. The summed E-state index contributed by atoms with van der Waals surface area (Å²) in [6.45, 7) is 1.66. The molecule has 4 aromatic rings. The van der Waals surface area contributed by atoms with Crippen LogP contribution in [-0.2, 0) is 9.53 Å². The Morgan fingerprint density at radius 2 is 1.94 bits per heavy atom. The fraction of sp³-hybridized carbons (Fsp3) is 0.143. The molecule has 4 rings (SSSR count). The number of halogens is 1. The molecule has 3 N–H and O–H groups in total. The Labute approximate surface area is 174 Å². The van der Waals surface area contributed by atoms with E-state index in [0.29, 0.717) is 27.7 Å². The van der Waals surface area contributed by atoms with Crippen LogP contribution < -0.4 is 16.2 Å². The zero-order valence-electron chi connectivity index (χ0n) is 16.4. The number of ether oxygens (including phenoxy) is 1. The van der Waals surface area contributed by atoms with Gasteiger partial charge in [-0.2, -0.15) is 0 Å². The molecule has 0 aliphatic carbocycles. The van der Waals surface area contributed by atoms with Gasteiger partial charge in [0, 0.05) is 17.3 Å². The first kappa shape index (κ1) is 20.1. The number of amides is 2. The van der Waals surface area contributed by atoms with Crippen molar-refractivity contribution in [3.8, 4) is 5.69 Å². The molecular weight excluding hydrogens is 405 g/mol. The summed E-state index contributed by atoms with van der Waals surface area (Å²) in [4.78, 5) is 40.0. The highest BCUT2D eigenvalue weighted by Crippen LogP contribution is 2.23. The van der Waals surface area contributed by atoms with Gasteiger partial charge in [-0.3, -0.25) is 19.7 Å². The fourth-order valence-corrected chi connectivity index (χ4v) is 3.17. The second-order valence-electron chi connectivity index (χ2n) is 6.59. The van der Waals surface area contributed by atoms with E-state index in [1.165, 1.54) is 16.9 Å². The van der Waals surface area contributed by atoms with Gasteiger partial charge < -0.3 is 15.4 Å². The van der Waals surface area contributed by atoms with Crippen LogP contribution in [0.15, 0.2) is 53.5 Å². The summed E-state index contributed by atoms with van der Waals surface area (Å²) in [5, 5.41) is 8.81. The van der Waals surface area contributed by atoms with Crippen LogP contribution in [0.1, 0.15) is 6.92 Å². The number of pyridine rings is 1. The Morgan fingerprint density at radius 1 is 1.16 bits per heavy atom. The number of aromatic amines is 1. The van der Waals surface area contributed by atoms with Gasteiger partial charge in [0.1, 0.15) is 17.9 Å². The van der Waals surface area contributed by atoms with Gasteiger partial charge in [-0.15, -0.1) is 0 Å². The van der Waals surface area contributed by atoms with E-state index in [4.69, 9.17) is 4.74 Å². The molecule has 0 saturated heterocycles. The summed E-state index contributed by atoms with van der Waals surface area (Å²) in [7, 11) is 0. The van der Waals surface area contributed by atoms with Gasteiger partial charge in [0.25, 0.3) is 5.56 Å². The van der Waals surface area contributed by atoms with E-state index < -0.39 is 17.8 Å². The Bertz CT molecular complexity index is 1340. The number of esters is 1. The predicted octanol–water partition coefficient (Wildman–Crippen LogP) is 2.69. The van der Waals surface area contributed by atoms with Crippen LogP contribution >= 0.6 is 0 Å². The number of urea groups is 1. The summed E-state index contributed by atoms with van der Waals surface area (Å²) in [5.74, 6) is -1.00. The molecule has 0 unspecified atom stereocenters. The molecule has 0 saturated carbocycles. The average molecular weight is 423 g/mol. The topological polar surface area (TPSA) is 118 Å². The molecule has 10 heteroatoms. The molecule has 0 aliphatic rings. The minimum Gasteiger partial charge on any atom is -0.465 e. The SMILES string of the molecule is CCOC(=O)CNC(=O)Nc1ccc(-n2[nH]c3c(cnc4c(F)cccc43)c2=O)cc1. The lowest BCUT2D eigenvalue weighted by atomic mass is 10.1. The zero-order chi connectivity index (χ0) is 22.0. The van der Waals surface area contributed by atoms with Gasteiger partial charge in [0.2, 0.25) is 0 Å². The minimum atomic E-state index is -0.567. The van der Waals surface area contributed by atoms with Crippen molar-refractivity contribution in [1.82, 2.24) is 20.1 Å². The number of aromatic nitrogens is 3. The molecule has 9 nitrogen and oxygen atoms in total. The number of benzene rings is 2. The van der Waals surface area contributed by atoms with Crippen molar-refractivity contribution in [3.05, 3.63) is 64.8 Å². The van der Waals surface area contributed by atoms with Crippen molar-refractivity contribution < 1.29 is 18.7 Å². The molecule has 2 heterocycles. The summed E-state index contributed by atoms with van der Waals surface area (Å²) >= 11 is 0. The highest BCUT2D eigenvalue weighted by Gasteiger charge is 2.14. The number of nitrogens with zero attached hydrogens (tertiary/aromatic N) is 2. The van der Waals surface area contributed by atoms with E-state index >= 15 is 0 Å². The molecule has 0 radical (unpaired) electrons. The van der Waals surface area contributed by atoms with E-state index in [-0.39, 0.29) is 24.2 Å². The Kier molecular flexibility index (Phi) is 5.35. The lowest BCUT2D eigenvalue weighted by Gasteiger charge is -2.08. The maximum atomic E-state index is 14.0. The first-order valence-corrected chi connectivity index (χ1v) is 9.47. The van der Waals surface area contributed by atoms with Crippen LogP contribution in [0, 0.1) is 5.82 Å². The summed E-state index contributed by atoms with van der Waals surface area (Å²) < 4.78 is 20.1. The molecule has 2 aromatic carbocycles. The van der Waals surface area contributed by atoms with Crippen LogP contribution in [0.4, 0.5) is 14.9 Å². The molecule has 2 amide bonds. The number of H-pyrrole nitrogens is 1. The smallest absolute Gasteiger partial charge is 0.325 e. The molecule has 0 atom stereocenters. The van der Waals surface area contributed by atoms with E-state index in [1.54, 1.807) is 43.3 Å². The number of rotatable bonds is 5. The highest BCUT2D eigenvalue weighted by atomic mass is 19.1. The number of para-hydroxylation sites is 1. The van der Waals surface area contributed by atoms with Crippen LogP contribution in [0.5, 0.6) is 0 Å². The third-order valence-corrected chi connectivity index (χ3v) is 4.59. The number of carbonyl (C=O) groups excluding carboxylic acids is 2. The van der Waals surface area contributed by atoms with Gasteiger partial charge in [-0.25, -0.2) is 13.9 Å². The largest absolute Gasteiger partial charge is 0.465 e. The maximum absolute atomic E-state index is 14.0. The van der Waals surface area contributed by atoms with Crippen molar-refractivity contribution in [1.29, 1.82) is 0 Å².